The molecule has 1 heterocycles. The average molecular weight is 361 g/mol. The summed E-state index contributed by atoms with van der Waals surface area (Å²) in [6.07, 6.45) is 0. The first-order valence-corrected chi connectivity index (χ1v) is 7.46. The van der Waals surface area contributed by atoms with E-state index in [1.807, 2.05) is 42.5 Å². The Kier molecular flexibility index (Phi) is 3.90. The third-order valence-electron chi connectivity index (χ3n) is 2.99. The van der Waals surface area contributed by atoms with Gasteiger partial charge in [-0.1, -0.05) is 41.9 Å². The fourth-order valence-corrected chi connectivity index (χ4v) is 2.87. The molecule has 0 unspecified atom stereocenters. The van der Waals surface area contributed by atoms with Gasteiger partial charge in [0.1, 0.15) is 5.82 Å². The Bertz CT molecular complexity index is 791. The van der Waals surface area contributed by atoms with E-state index in [-0.39, 0.29) is 0 Å². The van der Waals surface area contributed by atoms with Crippen LogP contribution >= 0.6 is 27.5 Å². The topological polar surface area (TPSA) is 51.8 Å². The van der Waals surface area contributed by atoms with Gasteiger partial charge in [-0.3, -0.25) is 0 Å². The Hall–Kier alpha value is -1.91. The minimum Gasteiger partial charge on any atom is -0.384 e. The lowest BCUT2D eigenvalue weighted by Crippen LogP contribution is -1.98. The normalized spacial score (nSPS) is 10.6. The molecule has 3 nitrogen and oxygen atoms in total. The van der Waals surface area contributed by atoms with Crippen LogP contribution in [0, 0.1) is 0 Å². The van der Waals surface area contributed by atoms with Crippen molar-refractivity contribution >= 4 is 33.3 Å². The van der Waals surface area contributed by atoms with Crippen molar-refractivity contribution in [3.8, 4) is 22.6 Å². The first-order chi connectivity index (χ1) is 10.1. The van der Waals surface area contributed by atoms with Crippen LogP contribution in [0.1, 0.15) is 0 Å². The van der Waals surface area contributed by atoms with Gasteiger partial charge in [0.2, 0.25) is 0 Å². The van der Waals surface area contributed by atoms with E-state index in [4.69, 9.17) is 17.3 Å². The monoisotopic (exact) mass is 359 g/mol. The molecule has 0 amide bonds. The molecule has 0 atom stereocenters. The van der Waals surface area contributed by atoms with Gasteiger partial charge in [-0.05, 0) is 34.1 Å². The molecule has 0 bridgehead atoms. The lowest BCUT2D eigenvalue weighted by Gasteiger charge is -2.08. The summed E-state index contributed by atoms with van der Waals surface area (Å²) in [4.78, 5) is 8.91. The second kappa shape index (κ2) is 5.84. The Morgan fingerprint density at radius 1 is 0.952 bits per heavy atom. The van der Waals surface area contributed by atoms with Crippen molar-refractivity contribution in [3.63, 3.8) is 0 Å². The fourth-order valence-electron chi connectivity index (χ4n) is 2.01. The van der Waals surface area contributed by atoms with Gasteiger partial charge in [0.15, 0.2) is 5.82 Å². The van der Waals surface area contributed by atoms with E-state index in [2.05, 4.69) is 25.9 Å². The maximum atomic E-state index is 5.97. The zero-order valence-corrected chi connectivity index (χ0v) is 13.3. The number of anilines is 1. The predicted molar refractivity (Wildman–Crippen MR) is 90.0 cm³/mol. The first-order valence-electron chi connectivity index (χ1n) is 6.29. The zero-order valence-electron chi connectivity index (χ0n) is 10.9. The highest BCUT2D eigenvalue weighted by atomic mass is 79.9. The van der Waals surface area contributed by atoms with Gasteiger partial charge in [-0.25, -0.2) is 9.97 Å². The van der Waals surface area contributed by atoms with Crippen molar-refractivity contribution in [2.45, 2.75) is 0 Å². The van der Waals surface area contributed by atoms with Crippen molar-refractivity contribution in [3.05, 3.63) is 64.1 Å². The van der Waals surface area contributed by atoms with Crippen molar-refractivity contribution < 1.29 is 0 Å². The molecule has 0 saturated carbocycles. The lowest BCUT2D eigenvalue weighted by molar-refractivity contribution is 1.18. The molecule has 21 heavy (non-hydrogen) atoms. The molecule has 0 radical (unpaired) electrons. The van der Waals surface area contributed by atoms with Crippen LogP contribution in [0.3, 0.4) is 0 Å². The van der Waals surface area contributed by atoms with Crippen molar-refractivity contribution in [1.82, 2.24) is 9.97 Å². The van der Waals surface area contributed by atoms with Crippen LogP contribution in [0.15, 0.2) is 59.1 Å². The van der Waals surface area contributed by atoms with Crippen molar-refractivity contribution in [2.24, 2.45) is 0 Å². The molecule has 2 N–H and O–H groups in total. The molecule has 104 valence electrons. The summed E-state index contributed by atoms with van der Waals surface area (Å²) in [5.41, 5.74) is 8.56. The summed E-state index contributed by atoms with van der Waals surface area (Å²) in [5, 5.41) is 0.651. The standard InChI is InChI=1S/C16H11BrClN3/c17-13-8-11(18)6-7-12(13)16-20-14(9-15(19)21-16)10-4-2-1-3-5-10/h1-9H,(H2,19,20,21). The predicted octanol–water partition coefficient (Wildman–Crippen LogP) is 4.81. The van der Waals surface area contributed by atoms with E-state index in [1.54, 1.807) is 12.1 Å². The van der Waals surface area contributed by atoms with Crippen LogP contribution in [-0.4, -0.2) is 9.97 Å². The maximum absolute atomic E-state index is 5.97. The van der Waals surface area contributed by atoms with E-state index in [0.717, 1.165) is 21.3 Å². The van der Waals surface area contributed by atoms with Gasteiger partial charge in [0.05, 0.1) is 5.69 Å². The smallest absolute Gasteiger partial charge is 0.163 e. The summed E-state index contributed by atoms with van der Waals surface area (Å²) >= 11 is 9.45. The van der Waals surface area contributed by atoms with Gasteiger partial charge < -0.3 is 5.73 Å². The van der Waals surface area contributed by atoms with Gasteiger partial charge in [-0.2, -0.15) is 0 Å². The van der Waals surface area contributed by atoms with E-state index < -0.39 is 0 Å². The number of hydrogen-bond donors (Lipinski definition) is 1. The molecule has 3 aromatic rings. The first kappa shape index (κ1) is 14.0. The largest absolute Gasteiger partial charge is 0.384 e. The number of nitrogens with two attached hydrogens (primary N) is 1. The van der Waals surface area contributed by atoms with Crippen LogP contribution in [0.25, 0.3) is 22.6 Å². The molecule has 5 heteroatoms. The molecule has 0 spiro atoms. The van der Waals surface area contributed by atoms with E-state index >= 15 is 0 Å². The number of nitrogen functional groups attached to an aromatic ring is 1. The van der Waals surface area contributed by atoms with Crippen LogP contribution in [0.2, 0.25) is 5.02 Å². The molecule has 0 aliphatic rings. The lowest BCUT2D eigenvalue weighted by atomic mass is 10.1. The molecule has 0 aliphatic carbocycles. The van der Waals surface area contributed by atoms with Crippen LogP contribution in [-0.2, 0) is 0 Å². The molecule has 3 rings (SSSR count). The third-order valence-corrected chi connectivity index (χ3v) is 3.88. The van der Waals surface area contributed by atoms with Gasteiger partial charge >= 0.3 is 0 Å². The number of aromatic nitrogens is 2. The summed E-state index contributed by atoms with van der Waals surface area (Å²) in [6.45, 7) is 0. The molecule has 1 aromatic heterocycles. The summed E-state index contributed by atoms with van der Waals surface area (Å²) in [7, 11) is 0. The van der Waals surface area contributed by atoms with Gasteiger partial charge in [0, 0.05) is 26.7 Å². The Morgan fingerprint density at radius 3 is 2.43 bits per heavy atom. The number of benzene rings is 2. The highest BCUT2D eigenvalue weighted by molar-refractivity contribution is 9.10. The van der Waals surface area contributed by atoms with Gasteiger partial charge in [-0.15, -0.1) is 0 Å². The summed E-state index contributed by atoms with van der Waals surface area (Å²) in [5.74, 6) is 0.998. The number of rotatable bonds is 2. The summed E-state index contributed by atoms with van der Waals surface area (Å²) in [6, 6.07) is 17.1. The molecule has 2 aromatic carbocycles. The molecule has 0 saturated heterocycles. The second-order valence-corrected chi connectivity index (χ2v) is 5.78. The Labute approximate surface area is 135 Å². The van der Waals surface area contributed by atoms with Crippen LogP contribution in [0.4, 0.5) is 5.82 Å². The third kappa shape index (κ3) is 3.06. The van der Waals surface area contributed by atoms with Crippen molar-refractivity contribution in [1.29, 1.82) is 0 Å². The fraction of sp³-hybridized carbons (Fsp3) is 0. The highest BCUT2D eigenvalue weighted by Crippen LogP contribution is 2.30. The SMILES string of the molecule is Nc1cc(-c2ccccc2)nc(-c2ccc(Cl)cc2Br)n1. The van der Waals surface area contributed by atoms with Gasteiger partial charge in [0.25, 0.3) is 0 Å². The number of halogens is 2. The van der Waals surface area contributed by atoms with Crippen LogP contribution < -0.4 is 5.73 Å². The van der Waals surface area contributed by atoms with E-state index in [0.29, 0.717) is 16.7 Å². The van der Waals surface area contributed by atoms with E-state index in [9.17, 15) is 0 Å². The molecular weight excluding hydrogens is 350 g/mol. The van der Waals surface area contributed by atoms with E-state index in [1.165, 1.54) is 0 Å². The minimum absolute atomic E-state index is 0.431. The second-order valence-electron chi connectivity index (χ2n) is 4.49. The quantitative estimate of drug-likeness (QED) is 0.713. The van der Waals surface area contributed by atoms with Crippen molar-refractivity contribution in [2.75, 3.05) is 5.73 Å². The molecule has 0 aliphatic heterocycles. The highest BCUT2D eigenvalue weighted by Gasteiger charge is 2.10. The molecule has 0 fully saturated rings. The molecular formula is C16H11BrClN3. The summed E-state index contributed by atoms with van der Waals surface area (Å²) < 4.78 is 0.833. The maximum Gasteiger partial charge on any atom is 0.163 e. The minimum atomic E-state index is 0.431. The number of nitrogens with zero attached hydrogens (tertiary/aromatic N) is 2. The Morgan fingerprint density at radius 2 is 1.71 bits per heavy atom. The average Bonchev–Trinajstić information content (AvgIpc) is 2.47. The number of hydrogen-bond acceptors (Lipinski definition) is 3. The Balaban J connectivity index is 2.14. The van der Waals surface area contributed by atoms with Crippen LogP contribution in [0.5, 0.6) is 0 Å². The zero-order chi connectivity index (χ0) is 14.8.